The molecule has 0 fully saturated rings. The average molecular weight is 1010 g/mol. The highest BCUT2D eigenvalue weighted by Gasteiger charge is 2.23. The molecule has 0 heterocycles. The standard InChI is InChI=1S/C76H96/c1-5-9-13-17-21-25-29-33-37-41-51-63-64(52-42-38-34-30-26-22-18-14-10-6-2)66(54-44-40-36-32-28-24-20-16-12-8-4)73-69(65(63)53-43-39-35-31-27-23-19-15-11-7-3)59-60-71-74-67-55-47-48-56-68(67)76(74)72-62-50-46-45-49-61(62)57-58-70(72)75(71)73/h45-50,55-60H,5-40H2,1-4H3. The molecule has 0 aromatic heterocycles. The van der Waals surface area contributed by atoms with Crippen molar-refractivity contribution in [1.29, 1.82) is 0 Å². The van der Waals surface area contributed by atoms with Gasteiger partial charge in [-0.15, -0.1) is 0 Å². The molecule has 0 spiro atoms. The number of hydrogen-bond acceptors (Lipinski definition) is 0. The predicted octanol–water partition coefficient (Wildman–Crippen LogP) is 22.7. The normalized spacial score (nSPS) is 11.3. The van der Waals surface area contributed by atoms with Crippen LogP contribution >= 0.6 is 0 Å². The first-order valence-electron chi connectivity index (χ1n) is 31.7. The number of unbranched alkanes of at least 4 members (excludes halogenated alkanes) is 32. The Morgan fingerprint density at radius 2 is 0.605 bits per heavy atom. The fraction of sp³-hybridized carbons (Fsp3) is 0.526. The Balaban J connectivity index is 1.41. The first-order chi connectivity index (χ1) is 37.7. The Labute approximate surface area is 462 Å². The van der Waals surface area contributed by atoms with Gasteiger partial charge in [0, 0.05) is 47.6 Å². The molecule has 0 amide bonds. The molecule has 0 bridgehead atoms. The van der Waals surface area contributed by atoms with E-state index in [1.165, 1.54) is 244 Å². The third-order valence-electron chi connectivity index (χ3n) is 16.4. The second-order valence-electron chi connectivity index (χ2n) is 22.5. The highest BCUT2D eigenvalue weighted by molar-refractivity contribution is 6.27. The summed E-state index contributed by atoms with van der Waals surface area (Å²) >= 11 is 0. The van der Waals surface area contributed by atoms with Crippen molar-refractivity contribution in [3.8, 4) is 47.4 Å². The number of hydrogen-bond donors (Lipinski definition) is 0. The molecule has 76 heavy (non-hydrogen) atoms. The van der Waals surface area contributed by atoms with E-state index in [4.69, 9.17) is 0 Å². The molecule has 6 aromatic carbocycles. The van der Waals surface area contributed by atoms with E-state index in [1.807, 2.05) is 0 Å². The Morgan fingerprint density at radius 1 is 0.250 bits per heavy atom. The molecule has 0 N–H and O–H groups in total. The highest BCUT2D eigenvalue weighted by Crippen LogP contribution is 2.43. The number of fused-ring (bicyclic) bond motifs is 11. The van der Waals surface area contributed by atoms with Gasteiger partial charge in [-0.25, -0.2) is 0 Å². The highest BCUT2D eigenvalue weighted by atomic mass is 14.2. The van der Waals surface area contributed by atoms with Crippen LogP contribution in [0.15, 0.2) is 72.8 Å². The zero-order valence-corrected chi connectivity index (χ0v) is 48.4. The van der Waals surface area contributed by atoms with Gasteiger partial charge in [0.25, 0.3) is 0 Å². The van der Waals surface area contributed by atoms with Crippen LogP contribution in [0.5, 0.6) is 0 Å². The minimum Gasteiger partial charge on any atom is -0.0978 e. The van der Waals surface area contributed by atoms with Crippen molar-refractivity contribution in [2.24, 2.45) is 0 Å². The Hall–Kier alpha value is -5.40. The van der Waals surface area contributed by atoms with E-state index in [-0.39, 0.29) is 0 Å². The third kappa shape index (κ3) is 16.3. The monoisotopic (exact) mass is 1010 g/mol. The van der Waals surface area contributed by atoms with Gasteiger partial charge in [0.05, 0.1) is 11.1 Å². The molecule has 6 aromatic rings. The zero-order valence-electron chi connectivity index (χ0n) is 48.4. The summed E-state index contributed by atoms with van der Waals surface area (Å²) in [5, 5.41) is 15.7. The van der Waals surface area contributed by atoms with Gasteiger partial charge in [0.15, 0.2) is 0 Å². The van der Waals surface area contributed by atoms with E-state index in [2.05, 4.69) is 148 Å². The molecule has 0 radical (unpaired) electrons. The summed E-state index contributed by atoms with van der Waals surface area (Å²) in [5.74, 6) is 30.8. The third-order valence-corrected chi connectivity index (χ3v) is 16.4. The fourth-order valence-corrected chi connectivity index (χ4v) is 12.0. The maximum Gasteiger partial charge on any atom is 0.0577 e. The number of rotatable bonds is 32. The summed E-state index contributed by atoms with van der Waals surface area (Å²) in [4.78, 5) is 0. The lowest BCUT2D eigenvalue weighted by Gasteiger charge is -2.19. The summed E-state index contributed by atoms with van der Waals surface area (Å²) in [7, 11) is 0. The molecule has 400 valence electrons. The van der Waals surface area contributed by atoms with Gasteiger partial charge in [-0.3, -0.25) is 0 Å². The first-order valence-corrected chi connectivity index (χ1v) is 31.7. The van der Waals surface area contributed by atoms with E-state index in [0.717, 1.165) is 73.6 Å². The minimum atomic E-state index is 0.886. The largest absolute Gasteiger partial charge is 0.0978 e. The predicted molar refractivity (Wildman–Crippen MR) is 335 cm³/mol. The van der Waals surface area contributed by atoms with Crippen LogP contribution < -0.4 is 0 Å². The van der Waals surface area contributed by atoms with Gasteiger partial charge in [0.1, 0.15) is 0 Å². The maximum atomic E-state index is 3.97. The average Bonchev–Trinajstić information content (AvgIpc) is 3.64. The Morgan fingerprint density at radius 3 is 1.08 bits per heavy atom. The molecule has 0 saturated carbocycles. The van der Waals surface area contributed by atoms with Crippen LogP contribution in [0.3, 0.4) is 0 Å². The smallest absolute Gasteiger partial charge is 0.0577 e. The van der Waals surface area contributed by atoms with Crippen LogP contribution in [0.25, 0.3) is 43.1 Å². The lowest BCUT2D eigenvalue weighted by Crippen LogP contribution is -2.02. The van der Waals surface area contributed by atoms with E-state index < -0.39 is 0 Å². The maximum absolute atomic E-state index is 3.97. The summed E-state index contributed by atoms with van der Waals surface area (Å²) < 4.78 is 0. The van der Waals surface area contributed by atoms with Crippen molar-refractivity contribution in [3.63, 3.8) is 0 Å². The van der Waals surface area contributed by atoms with Gasteiger partial charge < -0.3 is 0 Å². The van der Waals surface area contributed by atoms with Gasteiger partial charge in [0.2, 0.25) is 0 Å². The Bertz CT molecular complexity index is 3240. The zero-order chi connectivity index (χ0) is 52.8. The lowest BCUT2D eigenvalue weighted by atomic mass is 9.82. The summed E-state index contributed by atoms with van der Waals surface area (Å²) in [6.07, 6.45) is 45.1. The van der Waals surface area contributed by atoms with Crippen LogP contribution in [0, 0.1) is 68.2 Å². The molecule has 0 aliphatic heterocycles. The topological polar surface area (TPSA) is 0 Å². The second kappa shape index (κ2) is 33.7. The van der Waals surface area contributed by atoms with Crippen LogP contribution in [0.2, 0.25) is 0 Å². The van der Waals surface area contributed by atoms with Crippen LogP contribution in [0.1, 0.15) is 281 Å². The van der Waals surface area contributed by atoms with Crippen LogP contribution in [0.4, 0.5) is 0 Å². The van der Waals surface area contributed by atoms with Crippen molar-refractivity contribution in [2.75, 3.05) is 0 Å². The van der Waals surface area contributed by atoms with Crippen LogP contribution in [-0.4, -0.2) is 0 Å². The quantitative estimate of drug-likeness (QED) is 0.0224. The molecule has 0 unspecified atom stereocenters. The van der Waals surface area contributed by atoms with Crippen molar-refractivity contribution in [3.05, 3.63) is 116 Å². The molecule has 0 nitrogen and oxygen atoms in total. The molecule has 0 heteroatoms. The molecule has 1 aliphatic rings. The fourth-order valence-electron chi connectivity index (χ4n) is 12.0. The van der Waals surface area contributed by atoms with E-state index in [9.17, 15) is 0 Å². The summed E-state index contributed by atoms with van der Waals surface area (Å²) in [6.45, 7) is 9.22. The van der Waals surface area contributed by atoms with Crippen molar-refractivity contribution < 1.29 is 0 Å². The molecule has 7 rings (SSSR count). The van der Waals surface area contributed by atoms with Crippen molar-refractivity contribution in [1.82, 2.24) is 0 Å². The first kappa shape index (κ1) is 58.3. The van der Waals surface area contributed by atoms with Gasteiger partial charge in [-0.1, -0.05) is 328 Å². The Kier molecular flexibility index (Phi) is 25.8. The second-order valence-corrected chi connectivity index (χ2v) is 22.5. The van der Waals surface area contributed by atoms with E-state index in [1.54, 1.807) is 0 Å². The number of benzene rings is 6. The molecule has 0 atom stereocenters. The van der Waals surface area contributed by atoms with Crippen molar-refractivity contribution >= 4 is 43.1 Å². The molecular formula is C76H96. The van der Waals surface area contributed by atoms with Crippen molar-refractivity contribution in [2.45, 2.75) is 259 Å². The molecule has 0 saturated heterocycles. The molecule has 1 aliphatic carbocycles. The van der Waals surface area contributed by atoms with E-state index >= 15 is 0 Å². The lowest BCUT2D eigenvalue weighted by molar-refractivity contribution is 0.579. The van der Waals surface area contributed by atoms with Crippen LogP contribution in [-0.2, 0) is 0 Å². The minimum absolute atomic E-state index is 0.886. The SMILES string of the molecule is CCCCCCCCCCC#Cc1c(C#CCCCCCCCCCC)c(C#CCCCCCCCCCC)c2c(ccc3c4c(c5c6ccccc6ccc5c32)=c2ccccc2=4)c1C#CCCCCCCCCCC. The van der Waals surface area contributed by atoms with Gasteiger partial charge >= 0.3 is 0 Å². The molecular weight excluding hydrogens is 913 g/mol. The summed E-state index contributed by atoms with van der Waals surface area (Å²) in [5.41, 5.74) is 4.15. The van der Waals surface area contributed by atoms with Gasteiger partial charge in [-0.05, 0) is 78.9 Å². The van der Waals surface area contributed by atoms with Gasteiger partial charge in [-0.2, -0.15) is 0 Å². The van der Waals surface area contributed by atoms with E-state index in [0.29, 0.717) is 0 Å². The summed E-state index contributed by atoms with van der Waals surface area (Å²) in [6, 6.07) is 27.7.